The van der Waals surface area contributed by atoms with E-state index in [1.807, 2.05) is 61.2 Å². The molecule has 6 nitrogen and oxygen atoms in total. The van der Waals surface area contributed by atoms with E-state index in [0.29, 0.717) is 0 Å². The molecule has 0 saturated carbocycles. The fraction of sp³-hybridized carbons (Fsp3) is 0. The SMILES string of the molecule is c1ccc(-c2ccnc3c2ccc2c(-c4cccc([Si](c5ccccc5)(c5ccccc5)c5cccc(-c6cc(-c7ccccn7)nc7c6ccc6c(-c8ccccc8)ccnc67)c5)c4)cc(-c4ccccn4)nc23)cc1. The largest absolute Gasteiger partial charge is 0.255 e. The Hall–Kier alpha value is -10.1. The second-order valence-electron chi connectivity index (χ2n) is 19.3. The lowest BCUT2D eigenvalue weighted by atomic mass is 9.95. The van der Waals surface area contributed by atoms with E-state index in [0.717, 1.165) is 111 Å². The van der Waals surface area contributed by atoms with Crippen molar-refractivity contribution in [2.75, 3.05) is 0 Å². The normalized spacial score (nSPS) is 11.6. The van der Waals surface area contributed by atoms with E-state index in [2.05, 4.69) is 218 Å². The van der Waals surface area contributed by atoms with E-state index in [-0.39, 0.29) is 0 Å². The molecule has 8 aromatic carbocycles. The summed E-state index contributed by atoms with van der Waals surface area (Å²) in [5.41, 5.74) is 15.3. The quantitative estimate of drug-likeness (QED) is 0.0772. The van der Waals surface area contributed by atoms with Gasteiger partial charge in [-0.1, -0.05) is 206 Å². The summed E-state index contributed by atoms with van der Waals surface area (Å²) < 4.78 is 0. The van der Waals surface area contributed by atoms with Gasteiger partial charge in [-0.25, -0.2) is 9.97 Å². The van der Waals surface area contributed by atoms with Crippen molar-refractivity contribution < 1.29 is 0 Å². The van der Waals surface area contributed by atoms with E-state index >= 15 is 0 Å². The number of hydrogen-bond acceptors (Lipinski definition) is 6. The molecule has 0 spiro atoms. The molecule has 0 aliphatic heterocycles. The second kappa shape index (κ2) is 19.3. The van der Waals surface area contributed by atoms with Crippen molar-refractivity contribution in [2.24, 2.45) is 0 Å². The fourth-order valence-corrected chi connectivity index (χ4v) is 16.3. The van der Waals surface area contributed by atoms with Crippen molar-refractivity contribution in [2.45, 2.75) is 0 Å². The van der Waals surface area contributed by atoms with Gasteiger partial charge in [0.05, 0.1) is 44.8 Å². The molecule has 0 unspecified atom stereocenters. The third kappa shape index (κ3) is 7.96. The van der Waals surface area contributed by atoms with Crippen LogP contribution in [0.1, 0.15) is 0 Å². The molecule has 7 heteroatoms. The van der Waals surface area contributed by atoms with Crippen LogP contribution in [0.2, 0.25) is 0 Å². The van der Waals surface area contributed by atoms with Gasteiger partial charge in [-0.15, -0.1) is 0 Å². The standard InChI is InChI=1S/C70H46N6Si/c1-5-19-47(20-6-1)55-37-41-73-67-57(55)33-35-59-61(45-65(75-69(59)67)63-31-13-15-39-71-63)49-23-17-29-53(43-49)77(51-25-9-3-10-26-51,52-27-11-4-12-28-52)54-30-18-24-50(44-54)62-46-66(64-32-14-16-40-72-64)76-70-60(62)36-34-58-56(38-42-74-68(58)70)48-21-7-2-8-22-48/h1-46H. The first kappa shape index (κ1) is 45.5. The topological polar surface area (TPSA) is 77.3 Å². The summed E-state index contributed by atoms with van der Waals surface area (Å²) in [4.78, 5) is 30.6. The Balaban J connectivity index is 1.01. The lowest BCUT2D eigenvalue weighted by molar-refractivity contribution is 1.27. The summed E-state index contributed by atoms with van der Waals surface area (Å²) in [6, 6.07) is 91.3. The summed E-state index contributed by atoms with van der Waals surface area (Å²) in [7, 11) is -3.18. The van der Waals surface area contributed by atoms with Gasteiger partial charge in [0.1, 0.15) is 0 Å². The van der Waals surface area contributed by atoms with Crippen LogP contribution in [0.25, 0.3) is 111 Å². The zero-order valence-corrected chi connectivity index (χ0v) is 42.7. The maximum absolute atomic E-state index is 5.40. The molecular weight excluding hydrogens is 953 g/mol. The lowest BCUT2D eigenvalue weighted by Gasteiger charge is -2.35. The van der Waals surface area contributed by atoms with E-state index in [1.54, 1.807) is 0 Å². The number of rotatable bonds is 10. The maximum Gasteiger partial charge on any atom is 0.179 e. The summed E-state index contributed by atoms with van der Waals surface area (Å²) in [6.07, 6.45) is 7.48. The Labute approximate surface area is 446 Å². The molecule has 0 atom stereocenters. The Morgan fingerprint density at radius 1 is 0.221 bits per heavy atom. The van der Waals surface area contributed by atoms with E-state index < -0.39 is 8.07 Å². The van der Waals surface area contributed by atoms with Crippen molar-refractivity contribution in [3.8, 4) is 67.3 Å². The first-order valence-corrected chi connectivity index (χ1v) is 27.9. The first-order chi connectivity index (χ1) is 38.2. The van der Waals surface area contributed by atoms with Gasteiger partial charge in [-0.3, -0.25) is 19.9 Å². The molecule has 6 aromatic heterocycles. The summed E-state index contributed by atoms with van der Waals surface area (Å²) in [5, 5.41) is 9.18. The molecule has 14 aromatic rings. The van der Waals surface area contributed by atoms with E-state index in [4.69, 9.17) is 29.9 Å². The van der Waals surface area contributed by atoms with Crippen LogP contribution in [0.4, 0.5) is 0 Å². The number of hydrogen-bond donors (Lipinski definition) is 0. The fourth-order valence-electron chi connectivity index (χ4n) is 11.5. The van der Waals surface area contributed by atoms with E-state index in [9.17, 15) is 0 Å². The van der Waals surface area contributed by atoms with Gasteiger partial charge < -0.3 is 0 Å². The highest BCUT2D eigenvalue weighted by molar-refractivity contribution is 7.20. The Morgan fingerprint density at radius 2 is 0.584 bits per heavy atom. The number of aromatic nitrogens is 6. The minimum atomic E-state index is -3.18. The van der Waals surface area contributed by atoms with Gasteiger partial charge in [0.2, 0.25) is 0 Å². The van der Waals surface area contributed by atoms with Crippen molar-refractivity contribution in [1.82, 2.24) is 29.9 Å². The average molecular weight is 999 g/mol. The van der Waals surface area contributed by atoms with Crippen LogP contribution < -0.4 is 20.7 Å². The van der Waals surface area contributed by atoms with Crippen molar-refractivity contribution in [3.05, 3.63) is 280 Å². The van der Waals surface area contributed by atoms with Crippen LogP contribution >= 0.6 is 0 Å². The summed E-state index contributed by atoms with van der Waals surface area (Å²) in [6.45, 7) is 0. The molecule has 77 heavy (non-hydrogen) atoms. The number of benzene rings is 8. The second-order valence-corrected chi connectivity index (χ2v) is 23.2. The predicted octanol–water partition coefficient (Wildman–Crippen LogP) is 14.0. The van der Waals surface area contributed by atoms with Crippen LogP contribution in [0, 0.1) is 0 Å². The first-order valence-electron chi connectivity index (χ1n) is 25.9. The molecule has 0 fully saturated rings. The highest BCUT2D eigenvalue weighted by Crippen LogP contribution is 2.40. The summed E-state index contributed by atoms with van der Waals surface area (Å²) in [5.74, 6) is 0. The van der Waals surface area contributed by atoms with Crippen LogP contribution in [0.3, 0.4) is 0 Å². The zero-order chi connectivity index (χ0) is 51.1. The monoisotopic (exact) mass is 998 g/mol. The lowest BCUT2D eigenvalue weighted by Crippen LogP contribution is -2.74. The van der Waals surface area contributed by atoms with Crippen LogP contribution in [-0.2, 0) is 0 Å². The van der Waals surface area contributed by atoms with Crippen LogP contribution in [-0.4, -0.2) is 38.0 Å². The predicted molar refractivity (Wildman–Crippen MR) is 319 cm³/mol. The zero-order valence-electron chi connectivity index (χ0n) is 41.7. The molecule has 0 aliphatic carbocycles. The van der Waals surface area contributed by atoms with Gasteiger partial charge in [-0.05, 0) is 114 Å². The van der Waals surface area contributed by atoms with Gasteiger partial charge >= 0.3 is 0 Å². The van der Waals surface area contributed by atoms with Gasteiger partial charge in [-0.2, -0.15) is 0 Å². The molecule has 0 radical (unpaired) electrons. The van der Waals surface area contributed by atoms with Gasteiger partial charge in [0.25, 0.3) is 0 Å². The molecule has 0 amide bonds. The molecule has 14 rings (SSSR count). The molecule has 0 bridgehead atoms. The van der Waals surface area contributed by atoms with Gasteiger partial charge in [0, 0.05) is 46.3 Å². The van der Waals surface area contributed by atoms with Crippen LogP contribution in [0.5, 0.6) is 0 Å². The molecule has 0 saturated heterocycles. The Morgan fingerprint density at radius 3 is 0.987 bits per heavy atom. The Kier molecular flexibility index (Phi) is 11.4. The van der Waals surface area contributed by atoms with Gasteiger partial charge in [0.15, 0.2) is 8.07 Å². The number of fused-ring (bicyclic) bond motifs is 6. The van der Waals surface area contributed by atoms with Crippen molar-refractivity contribution in [1.29, 1.82) is 0 Å². The minimum Gasteiger partial charge on any atom is -0.255 e. The highest BCUT2D eigenvalue weighted by atomic mass is 28.3. The smallest absolute Gasteiger partial charge is 0.179 e. The summed E-state index contributed by atoms with van der Waals surface area (Å²) >= 11 is 0. The molecular formula is C70H46N6Si. The third-order valence-corrected chi connectivity index (χ3v) is 19.8. The highest BCUT2D eigenvalue weighted by Gasteiger charge is 2.42. The minimum absolute atomic E-state index is 0.786. The number of pyridine rings is 6. The average Bonchev–Trinajstić information content (AvgIpc) is 3.52. The van der Waals surface area contributed by atoms with E-state index in [1.165, 1.54) is 20.7 Å². The Bertz CT molecular complexity index is 4200. The third-order valence-electron chi connectivity index (χ3n) is 15.0. The van der Waals surface area contributed by atoms with Crippen LogP contribution in [0.15, 0.2) is 280 Å². The molecule has 360 valence electrons. The van der Waals surface area contributed by atoms with Crippen molar-refractivity contribution >= 4 is 72.4 Å². The molecule has 6 heterocycles. The van der Waals surface area contributed by atoms with Crippen molar-refractivity contribution in [3.63, 3.8) is 0 Å². The maximum atomic E-state index is 5.40. The number of nitrogens with zero attached hydrogens (tertiary/aromatic N) is 6. The molecule has 0 aliphatic rings. The molecule has 0 N–H and O–H groups in total.